The van der Waals surface area contributed by atoms with Crippen LogP contribution in [0.25, 0.3) is 0 Å². The smallest absolute Gasteiger partial charge is 0.238 e. The maximum Gasteiger partial charge on any atom is 0.238 e. The van der Waals surface area contributed by atoms with Crippen molar-refractivity contribution in [2.24, 2.45) is 5.14 Å². The Bertz CT molecular complexity index is 1450. The fourth-order valence-corrected chi connectivity index (χ4v) is 5.45. The zero-order chi connectivity index (χ0) is 28.8. The zero-order valence-electron chi connectivity index (χ0n) is 22.8. The lowest BCUT2D eigenvalue weighted by Crippen LogP contribution is -2.34. The molecule has 2 fully saturated rings. The lowest BCUT2D eigenvalue weighted by Gasteiger charge is -2.30. The molecule has 0 atom stereocenters. The van der Waals surface area contributed by atoms with Crippen LogP contribution in [0.15, 0.2) is 53.4 Å². The summed E-state index contributed by atoms with van der Waals surface area (Å²) in [4.78, 5) is 43.7. The minimum atomic E-state index is -3.83. The van der Waals surface area contributed by atoms with E-state index in [1.807, 2.05) is 0 Å². The molecule has 1 amide bonds. The first-order valence-electron chi connectivity index (χ1n) is 13.8. The lowest BCUT2D eigenvalue weighted by atomic mass is 10.1. The highest BCUT2D eigenvalue weighted by Crippen LogP contribution is 2.24. The van der Waals surface area contributed by atoms with E-state index in [4.69, 9.17) is 20.1 Å². The number of nitrogens with zero attached hydrogens (tertiary/aromatic N) is 5. The van der Waals surface area contributed by atoms with Gasteiger partial charge in [0, 0.05) is 43.1 Å². The van der Waals surface area contributed by atoms with Crippen molar-refractivity contribution in [3.63, 3.8) is 0 Å². The number of aromatic nitrogens is 3. The normalized spacial score (nSPS) is 15.8. The number of carbonyl (C=O) groups excluding carboxylic acids is 2. The van der Waals surface area contributed by atoms with Gasteiger partial charge in [0.15, 0.2) is 5.78 Å². The van der Waals surface area contributed by atoms with E-state index >= 15 is 0 Å². The van der Waals surface area contributed by atoms with Gasteiger partial charge in [-0.05, 0) is 87.1 Å². The second-order valence-electron chi connectivity index (χ2n) is 10.3. The topological polar surface area (TPSA) is 164 Å². The van der Waals surface area contributed by atoms with Gasteiger partial charge in [-0.15, -0.1) is 0 Å². The predicted octanol–water partition coefficient (Wildman–Crippen LogP) is 3.45. The van der Waals surface area contributed by atoms with Gasteiger partial charge in [0.2, 0.25) is 33.8 Å². The van der Waals surface area contributed by atoms with Crippen LogP contribution in [0.4, 0.5) is 29.2 Å². The van der Waals surface area contributed by atoms with Crippen molar-refractivity contribution in [3.05, 3.63) is 54.1 Å². The van der Waals surface area contributed by atoms with Crippen LogP contribution in [0.2, 0.25) is 0 Å². The van der Waals surface area contributed by atoms with Gasteiger partial charge in [-0.1, -0.05) is 0 Å². The van der Waals surface area contributed by atoms with Crippen molar-refractivity contribution in [1.29, 1.82) is 0 Å². The van der Waals surface area contributed by atoms with Crippen molar-refractivity contribution < 1.29 is 18.0 Å². The molecular weight excluding hydrogens is 544 g/mol. The molecule has 216 valence electrons. The van der Waals surface area contributed by atoms with Crippen LogP contribution in [0.3, 0.4) is 0 Å². The van der Waals surface area contributed by atoms with E-state index in [1.165, 1.54) is 37.1 Å². The number of primary sulfonamides is 1. The number of hydrogen-bond acceptors (Lipinski definition) is 10. The van der Waals surface area contributed by atoms with Crippen molar-refractivity contribution in [1.82, 2.24) is 15.0 Å². The molecule has 12 nitrogen and oxygen atoms in total. The highest BCUT2D eigenvalue weighted by atomic mass is 32.2. The van der Waals surface area contributed by atoms with Gasteiger partial charge in [0.05, 0.1) is 11.3 Å². The summed E-state index contributed by atoms with van der Waals surface area (Å²) in [6.45, 7) is 3.70. The second kappa shape index (κ2) is 12.6. The molecule has 13 heteroatoms. The summed E-state index contributed by atoms with van der Waals surface area (Å²) < 4.78 is 22.8. The molecule has 41 heavy (non-hydrogen) atoms. The van der Waals surface area contributed by atoms with Crippen LogP contribution in [0, 0.1) is 0 Å². The zero-order valence-corrected chi connectivity index (χ0v) is 23.6. The Morgan fingerprint density at radius 2 is 1.24 bits per heavy atom. The number of sulfonamides is 1. The summed E-state index contributed by atoms with van der Waals surface area (Å²) in [6, 6.07) is 12.2. The Kier molecular flexibility index (Phi) is 8.74. The predicted molar refractivity (Wildman–Crippen MR) is 157 cm³/mol. The molecule has 2 aliphatic rings. The van der Waals surface area contributed by atoms with E-state index < -0.39 is 15.9 Å². The molecule has 3 heterocycles. The van der Waals surface area contributed by atoms with Gasteiger partial charge < -0.3 is 20.4 Å². The Morgan fingerprint density at radius 1 is 0.732 bits per heavy atom. The molecule has 3 aromatic rings. The minimum absolute atomic E-state index is 0.0668. The van der Waals surface area contributed by atoms with Crippen LogP contribution in [-0.2, 0) is 14.8 Å². The number of carbonyl (C=O) groups is 2. The molecule has 0 aliphatic carbocycles. The van der Waals surface area contributed by atoms with Gasteiger partial charge in [0.1, 0.15) is 0 Å². The van der Waals surface area contributed by atoms with Gasteiger partial charge in [-0.3, -0.25) is 9.59 Å². The third-order valence-corrected chi connectivity index (χ3v) is 8.07. The number of benzene rings is 2. The van der Waals surface area contributed by atoms with Crippen LogP contribution in [-0.4, -0.2) is 61.2 Å². The average molecular weight is 579 g/mol. The van der Waals surface area contributed by atoms with Crippen LogP contribution in [0.5, 0.6) is 0 Å². The summed E-state index contributed by atoms with van der Waals surface area (Å²) in [5, 5.41) is 10.9. The van der Waals surface area contributed by atoms with Crippen molar-refractivity contribution in [2.75, 3.05) is 46.6 Å². The number of piperidine rings is 2. The van der Waals surface area contributed by atoms with E-state index in [9.17, 15) is 18.0 Å². The molecule has 0 saturated carbocycles. The maximum absolute atomic E-state index is 12.7. The summed E-state index contributed by atoms with van der Waals surface area (Å²) in [7, 11) is -3.83. The standard InChI is InChI=1S/C28H34N8O4S/c29-41(39,40)23-13-11-21(12-14-23)30-25(38)19-24(37)20-7-9-22(10-8-20)31-26-32-27(35-15-3-1-4-16-35)34-28(33-26)36-17-5-2-6-18-36/h7-14H,1-6,15-19H2,(H,30,38)(H2,29,39,40)(H,31,32,33,34). The Labute approximate surface area is 239 Å². The highest BCUT2D eigenvalue weighted by Gasteiger charge is 2.21. The largest absolute Gasteiger partial charge is 0.341 e. The highest BCUT2D eigenvalue weighted by molar-refractivity contribution is 7.89. The Balaban J connectivity index is 1.23. The first-order valence-corrected chi connectivity index (χ1v) is 15.4. The fourth-order valence-electron chi connectivity index (χ4n) is 4.93. The lowest BCUT2D eigenvalue weighted by molar-refractivity contribution is -0.115. The Hall–Kier alpha value is -4.10. The fraction of sp³-hybridized carbons (Fsp3) is 0.393. The quantitative estimate of drug-likeness (QED) is 0.253. The van der Waals surface area contributed by atoms with Gasteiger partial charge in [-0.2, -0.15) is 15.0 Å². The molecule has 4 N–H and O–H groups in total. The maximum atomic E-state index is 12.7. The third-order valence-electron chi connectivity index (χ3n) is 7.14. The van der Waals surface area contributed by atoms with Gasteiger partial charge in [0.25, 0.3) is 0 Å². The van der Waals surface area contributed by atoms with Crippen molar-refractivity contribution in [2.45, 2.75) is 49.8 Å². The Morgan fingerprint density at radius 3 is 1.76 bits per heavy atom. The van der Waals surface area contributed by atoms with Crippen LogP contribution < -0.4 is 25.6 Å². The number of rotatable bonds is 9. The van der Waals surface area contributed by atoms with Gasteiger partial charge in [-0.25, -0.2) is 13.6 Å². The molecule has 0 unspecified atom stereocenters. The molecule has 2 saturated heterocycles. The molecule has 2 aliphatic heterocycles. The molecule has 0 spiro atoms. The average Bonchev–Trinajstić information content (AvgIpc) is 2.98. The van der Waals surface area contributed by atoms with E-state index in [1.54, 1.807) is 24.3 Å². The summed E-state index contributed by atoms with van der Waals surface area (Å²) in [6.07, 6.45) is 6.53. The van der Waals surface area contributed by atoms with Crippen LogP contribution in [0.1, 0.15) is 55.3 Å². The summed E-state index contributed by atoms with van der Waals surface area (Å²) in [5.41, 5.74) is 1.45. The number of hydrogen-bond donors (Lipinski definition) is 3. The molecule has 5 rings (SSSR count). The SMILES string of the molecule is NS(=O)(=O)c1ccc(NC(=O)CC(=O)c2ccc(Nc3nc(N4CCCCC4)nc(N4CCCCC4)n3)cc2)cc1. The van der Waals surface area contributed by atoms with E-state index in [0.29, 0.717) is 34.8 Å². The number of ketones is 1. The number of anilines is 5. The summed E-state index contributed by atoms with van der Waals surface area (Å²) in [5.74, 6) is 0.948. The number of nitrogens with two attached hydrogens (primary N) is 1. The minimum Gasteiger partial charge on any atom is -0.341 e. The molecular formula is C28H34N8O4S. The molecule has 0 radical (unpaired) electrons. The van der Waals surface area contributed by atoms with E-state index in [-0.39, 0.29) is 17.1 Å². The number of Topliss-reactive ketones (excluding diaryl/α,β-unsaturated/α-hetero) is 1. The number of nitrogens with one attached hydrogen (secondary N) is 2. The van der Waals surface area contributed by atoms with E-state index in [0.717, 1.165) is 51.9 Å². The monoisotopic (exact) mass is 578 g/mol. The third kappa shape index (κ3) is 7.55. The van der Waals surface area contributed by atoms with E-state index in [2.05, 4.69) is 20.4 Å². The molecule has 1 aromatic heterocycles. The number of amides is 1. The van der Waals surface area contributed by atoms with Crippen molar-refractivity contribution >= 4 is 50.9 Å². The molecule has 2 aromatic carbocycles. The first kappa shape index (κ1) is 28.4. The van der Waals surface area contributed by atoms with Crippen molar-refractivity contribution in [3.8, 4) is 0 Å². The second-order valence-corrected chi connectivity index (χ2v) is 11.8. The van der Waals surface area contributed by atoms with Crippen LogP contribution >= 0.6 is 0 Å². The molecule has 0 bridgehead atoms. The summed E-state index contributed by atoms with van der Waals surface area (Å²) >= 11 is 0. The van der Waals surface area contributed by atoms with Gasteiger partial charge >= 0.3 is 0 Å². The first-order chi connectivity index (χ1) is 19.7.